The topological polar surface area (TPSA) is 147 Å². The zero-order valence-corrected chi connectivity index (χ0v) is 20.3. The number of anilines is 1. The summed E-state index contributed by atoms with van der Waals surface area (Å²) in [6, 6.07) is 22.8. The van der Waals surface area contributed by atoms with Crippen molar-refractivity contribution < 1.29 is 24.1 Å². The highest BCUT2D eigenvalue weighted by atomic mass is 16.6. The number of non-ortho nitro benzene ring substituents is 1. The van der Waals surface area contributed by atoms with E-state index in [1.807, 2.05) is 54.8 Å². The number of hydrogen-bond acceptors (Lipinski definition) is 7. The molecule has 0 fully saturated rings. The van der Waals surface area contributed by atoms with E-state index < -0.39 is 0 Å². The van der Waals surface area contributed by atoms with Crippen LogP contribution >= 0.6 is 0 Å². The lowest BCUT2D eigenvalue weighted by Crippen LogP contribution is -1.99. The predicted octanol–water partition coefficient (Wildman–Crippen LogP) is 5.15. The Balaban J connectivity index is 0.000000569. The molecule has 0 saturated carbocycles. The molecule has 0 unspecified atom stereocenters. The van der Waals surface area contributed by atoms with E-state index in [9.17, 15) is 10.1 Å². The van der Waals surface area contributed by atoms with Crippen molar-refractivity contribution in [2.24, 2.45) is 0 Å². The van der Waals surface area contributed by atoms with Gasteiger partial charge >= 0.3 is 12.3 Å². The smallest absolute Gasteiger partial charge is 0.373 e. The Morgan fingerprint density at radius 3 is 1.38 bits per heavy atom. The standard InChI is InChI=1S/C12H12N2O2.C12H14N2.2CO2.CH4/c1-9-6-7-10(2)13(9)11-4-3-5-12(8-11)14(15)16;1-9-6-7-10(2)14(9)12-5-3-4-11(13)8-12;2*2-1-3;/h3-8H,1-2H3;3-8H,13H2,1-2H3;;;1H4. The highest BCUT2D eigenvalue weighted by Crippen LogP contribution is 2.21. The molecule has 2 aromatic heterocycles. The Kier molecular flexibility index (Phi) is 13.6. The van der Waals surface area contributed by atoms with Gasteiger partial charge in [-0.15, -0.1) is 0 Å². The zero-order chi connectivity index (χ0) is 27.3. The molecule has 37 heavy (non-hydrogen) atoms. The van der Waals surface area contributed by atoms with Crippen LogP contribution in [-0.4, -0.2) is 26.4 Å². The van der Waals surface area contributed by atoms with Gasteiger partial charge in [-0.05, 0) is 76.2 Å². The average molecular weight is 507 g/mol. The van der Waals surface area contributed by atoms with Gasteiger partial charge in [-0.2, -0.15) is 19.2 Å². The molecule has 0 aliphatic carbocycles. The minimum absolute atomic E-state index is 0. The molecular weight excluding hydrogens is 476 g/mol. The van der Waals surface area contributed by atoms with Gasteiger partial charge in [0.05, 0.1) is 10.6 Å². The summed E-state index contributed by atoms with van der Waals surface area (Å²) in [5.41, 5.74) is 13.2. The van der Waals surface area contributed by atoms with Crippen molar-refractivity contribution in [2.75, 3.05) is 5.73 Å². The van der Waals surface area contributed by atoms with Crippen molar-refractivity contribution in [3.63, 3.8) is 0 Å². The maximum absolute atomic E-state index is 10.7. The van der Waals surface area contributed by atoms with Crippen molar-refractivity contribution in [2.45, 2.75) is 35.1 Å². The molecule has 0 spiro atoms. The van der Waals surface area contributed by atoms with Crippen LogP contribution in [0.4, 0.5) is 11.4 Å². The lowest BCUT2D eigenvalue weighted by molar-refractivity contribution is -0.384. The minimum atomic E-state index is -0.377. The van der Waals surface area contributed by atoms with Crippen LogP contribution in [0.5, 0.6) is 0 Å². The summed E-state index contributed by atoms with van der Waals surface area (Å²) in [7, 11) is 0. The van der Waals surface area contributed by atoms with E-state index in [4.69, 9.17) is 24.9 Å². The Labute approximate surface area is 215 Å². The first kappa shape index (κ1) is 32.0. The number of nitrogens with two attached hydrogens (primary N) is 1. The van der Waals surface area contributed by atoms with Gasteiger partial charge in [-0.25, -0.2) is 0 Å². The molecule has 0 amide bonds. The summed E-state index contributed by atoms with van der Waals surface area (Å²) >= 11 is 0. The first-order valence-corrected chi connectivity index (χ1v) is 10.5. The number of hydrogen-bond donors (Lipinski definition) is 1. The number of carbonyl (C=O) groups excluding carboxylic acids is 4. The molecule has 0 aliphatic heterocycles. The minimum Gasteiger partial charge on any atom is -0.399 e. The maximum atomic E-state index is 10.7. The van der Waals surface area contributed by atoms with Crippen molar-refractivity contribution in [1.82, 2.24) is 9.13 Å². The second kappa shape index (κ2) is 15.8. The van der Waals surface area contributed by atoms with Crippen LogP contribution in [0.25, 0.3) is 11.4 Å². The number of benzene rings is 2. The van der Waals surface area contributed by atoms with Crippen LogP contribution in [0.1, 0.15) is 30.2 Å². The first-order valence-electron chi connectivity index (χ1n) is 10.5. The molecule has 0 radical (unpaired) electrons. The fourth-order valence-corrected chi connectivity index (χ4v) is 3.56. The molecule has 2 heterocycles. The zero-order valence-electron chi connectivity index (χ0n) is 20.3. The van der Waals surface area contributed by atoms with E-state index in [0.29, 0.717) is 0 Å². The SMILES string of the molecule is C.Cc1ccc(C)n1-c1cccc(N)c1.Cc1ccc(C)n1-c1cccc([N+](=O)[O-])c1.O=C=O.O=C=O. The third kappa shape index (κ3) is 9.26. The van der Waals surface area contributed by atoms with Gasteiger partial charge in [0, 0.05) is 46.3 Å². The van der Waals surface area contributed by atoms with Gasteiger partial charge in [0.1, 0.15) is 0 Å². The third-order valence-electron chi connectivity index (χ3n) is 4.97. The van der Waals surface area contributed by atoms with Crippen LogP contribution in [0.3, 0.4) is 0 Å². The molecule has 0 aliphatic rings. The normalized spacial score (nSPS) is 8.86. The van der Waals surface area contributed by atoms with Crippen molar-refractivity contribution in [3.8, 4) is 11.4 Å². The van der Waals surface area contributed by atoms with Crippen LogP contribution in [0, 0.1) is 37.8 Å². The number of nitro groups is 1. The van der Waals surface area contributed by atoms with Crippen LogP contribution in [0.15, 0.2) is 72.8 Å². The number of aryl methyl sites for hydroxylation is 4. The number of nitrogen functional groups attached to an aromatic ring is 1. The molecule has 2 aromatic carbocycles. The monoisotopic (exact) mass is 506 g/mol. The highest BCUT2D eigenvalue weighted by Gasteiger charge is 2.09. The third-order valence-corrected chi connectivity index (χ3v) is 4.97. The van der Waals surface area contributed by atoms with E-state index in [1.54, 1.807) is 12.1 Å². The lowest BCUT2D eigenvalue weighted by atomic mass is 10.2. The second-order valence-corrected chi connectivity index (χ2v) is 7.44. The first-order chi connectivity index (χ1) is 17.1. The predicted molar refractivity (Wildman–Crippen MR) is 138 cm³/mol. The van der Waals surface area contributed by atoms with Crippen molar-refractivity contribution >= 4 is 23.7 Å². The van der Waals surface area contributed by atoms with Gasteiger partial charge in [0.15, 0.2) is 0 Å². The molecule has 10 nitrogen and oxygen atoms in total. The fourth-order valence-electron chi connectivity index (χ4n) is 3.56. The number of aromatic nitrogens is 2. The van der Waals surface area contributed by atoms with E-state index in [2.05, 4.69) is 36.6 Å². The van der Waals surface area contributed by atoms with E-state index in [1.165, 1.54) is 17.5 Å². The summed E-state index contributed by atoms with van der Waals surface area (Å²) in [5, 5.41) is 10.7. The molecule has 2 N–H and O–H groups in total. The molecule has 4 rings (SSSR count). The summed E-state index contributed by atoms with van der Waals surface area (Å²) < 4.78 is 4.18. The Morgan fingerprint density at radius 1 is 0.676 bits per heavy atom. The van der Waals surface area contributed by atoms with E-state index in [-0.39, 0.29) is 30.3 Å². The Bertz CT molecular complexity index is 1320. The number of nitro benzene ring substituents is 1. The van der Waals surface area contributed by atoms with Gasteiger partial charge in [0.25, 0.3) is 5.69 Å². The van der Waals surface area contributed by atoms with E-state index >= 15 is 0 Å². The van der Waals surface area contributed by atoms with Crippen LogP contribution in [-0.2, 0) is 19.2 Å². The Hall–Kier alpha value is -5.04. The molecule has 0 atom stereocenters. The maximum Gasteiger partial charge on any atom is 0.373 e. The molecule has 0 bridgehead atoms. The van der Waals surface area contributed by atoms with Crippen molar-refractivity contribution in [3.05, 3.63) is 106 Å². The largest absolute Gasteiger partial charge is 0.399 e. The summed E-state index contributed by atoms with van der Waals surface area (Å²) in [4.78, 5) is 42.8. The average Bonchev–Trinajstić information content (AvgIpc) is 3.35. The molecule has 194 valence electrons. The van der Waals surface area contributed by atoms with Crippen molar-refractivity contribution in [1.29, 1.82) is 0 Å². The number of rotatable bonds is 3. The van der Waals surface area contributed by atoms with Gasteiger partial charge in [0.2, 0.25) is 0 Å². The second-order valence-electron chi connectivity index (χ2n) is 7.44. The Morgan fingerprint density at radius 2 is 1.03 bits per heavy atom. The van der Waals surface area contributed by atoms with Gasteiger partial charge in [-0.1, -0.05) is 19.6 Å². The summed E-state index contributed by atoms with van der Waals surface area (Å²) in [6.07, 6.45) is 0.500. The van der Waals surface area contributed by atoms with Gasteiger partial charge < -0.3 is 14.9 Å². The van der Waals surface area contributed by atoms with Crippen LogP contribution < -0.4 is 5.73 Å². The van der Waals surface area contributed by atoms with Gasteiger partial charge in [-0.3, -0.25) is 10.1 Å². The lowest BCUT2D eigenvalue weighted by Gasteiger charge is -2.09. The van der Waals surface area contributed by atoms with Crippen LogP contribution in [0.2, 0.25) is 0 Å². The summed E-state index contributed by atoms with van der Waals surface area (Å²) in [5.74, 6) is 0. The number of nitrogens with zero attached hydrogens (tertiary/aromatic N) is 3. The highest BCUT2D eigenvalue weighted by molar-refractivity contribution is 5.49. The molecule has 4 aromatic rings. The quantitative estimate of drug-likeness (QED) is 0.230. The summed E-state index contributed by atoms with van der Waals surface area (Å²) in [6.45, 7) is 8.14. The molecule has 10 heteroatoms. The molecular formula is C27H30N4O6. The fraction of sp³-hybridized carbons (Fsp3) is 0.185. The molecule has 0 saturated heterocycles. The van der Waals surface area contributed by atoms with E-state index in [0.717, 1.165) is 28.5 Å².